The molecule has 1 fully saturated rings. The van der Waals surface area contributed by atoms with Crippen molar-refractivity contribution in [2.24, 2.45) is 0 Å². The van der Waals surface area contributed by atoms with E-state index in [2.05, 4.69) is 15.1 Å². The highest BCUT2D eigenvalue weighted by Gasteiger charge is 2.21. The minimum Gasteiger partial charge on any atom is -0.377 e. The second-order valence-corrected chi connectivity index (χ2v) is 7.92. The van der Waals surface area contributed by atoms with Gasteiger partial charge in [0.2, 0.25) is 11.7 Å². The zero-order valence-corrected chi connectivity index (χ0v) is 17.0. The number of benzene rings is 1. The van der Waals surface area contributed by atoms with Crippen molar-refractivity contribution in [1.82, 2.24) is 20.0 Å². The third-order valence-electron chi connectivity index (χ3n) is 4.67. The molecule has 1 aliphatic rings. The van der Waals surface area contributed by atoms with E-state index in [1.54, 1.807) is 36.1 Å². The van der Waals surface area contributed by atoms with Crippen molar-refractivity contribution in [3.63, 3.8) is 0 Å². The maximum atomic E-state index is 13.0. The molecule has 1 atom stereocenters. The smallest absolute Gasteiger partial charge is 0.255 e. The van der Waals surface area contributed by atoms with Crippen LogP contribution in [0.4, 0.5) is 0 Å². The van der Waals surface area contributed by atoms with Crippen LogP contribution >= 0.6 is 11.8 Å². The van der Waals surface area contributed by atoms with Crippen LogP contribution in [0.3, 0.4) is 0 Å². The molecule has 0 spiro atoms. The Kier molecular flexibility index (Phi) is 6.21. The first-order valence-corrected chi connectivity index (χ1v) is 10.5. The number of nitrogens with zero attached hydrogens (tertiary/aromatic N) is 4. The van der Waals surface area contributed by atoms with E-state index in [-0.39, 0.29) is 18.6 Å². The second kappa shape index (κ2) is 9.19. The van der Waals surface area contributed by atoms with Crippen LogP contribution in [0.1, 0.15) is 29.1 Å². The van der Waals surface area contributed by atoms with Gasteiger partial charge in [0.25, 0.3) is 5.91 Å². The van der Waals surface area contributed by atoms with E-state index in [1.807, 2.05) is 36.4 Å². The normalized spacial score (nSPS) is 16.1. The van der Waals surface area contributed by atoms with E-state index in [1.165, 1.54) is 0 Å². The largest absolute Gasteiger partial charge is 0.377 e. The Hall–Kier alpha value is -2.71. The number of aromatic nitrogens is 3. The second-order valence-electron chi connectivity index (χ2n) is 6.86. The van der Waals surface area contributed by atoms with Crippen LogP contribution in [0.15, 0.2) is 58.2 Å². The molecule has 0 radical (unpaired) electrons. The Morgan fingerprint density at radius 3 is 2.97 bits per heavy atom. The van der Waals surface area contributed by atoms with Crippen molar-refractivity contribution in [2.45, 2.75) is 30.4 Å². The van der Waals surface area contributed by atoms with Gasteiger partial charge in [-0.25, -0.2) is 0 Å². The van der Waals surface area contributed by atoms with Gasteiger partial charge in [0.15, 0.2) is 0 Å². The van der Waals surface area contributed by atoms with E-state index in [0.717, 1.165) is 35.7 Å². The topological polar surface area (TPSA) is 81.4 Å². The van der Waals surface area contributed by atoms with Crippen molar-refractivity contribution in [1.29, 1.82) is 0 Å². The lowest BCUT2D eigenvalue weighted by Crippen LogP contribution is -2.27. The Morgan fingerprint density at radius 2 is 2.17 bits per heavy atom. The van der Waals surface area contributed by atoms with Crippen LogP contribution in [0.25, 0.3) is 11.4 Å². The Balaban J connectivity index is 1.42. The van der Waals surface area contributed by atoms with Crippen LogP contribution in [0.5, 0.6) is 0 Å². The van der Waals surface area contributed by atoms with E-state index in [9.17, 15) is 4.79 Å². The highest BCUT2D eigenvalue weighted by atomic mass is 32.2. The third kappa shape index (κ3) is 4.83. The SMILES string of the molecule is CN(Cc1nc(-c2cccnc2)no1)C(=O)c1ccccc1SCC1CCCO1. The molecule has 1 aliphatic heterocycles. The van der Waals surface area contributed by atoms with Crippen LogP contribution in [-0.2, 0) is 11.3 Å². The number of hydrogen-bond acceptors (Lipinski definition) is 7. The molecule has 29 heavy (non-hydrogen) atoms. The summed E-state index contributed by atoms with van der Waals surface area (Å²) in [4.78, 5) is 24.0. The number of thioether (sulfide) groups is 1. The molecule has 4 rings (SSSR count). The van der Waals surface area contributed by atoms with E-state index in [4.69, 9.17) is 9.26 Å². The molecule has 2 aromatic heterocycles. The van der Waals surface area contributed by atoms with Gasteiger partial charge in [0, 0.05) is 42.3 Å². The number of carbonyl (C=O) groups excluding carboxylic acids is 1. The molecule has 1 saturated heterocycles. The first kappa shape index (κ1) is 19.6. The van der Waals surface area contributed by atoms with Crippen molar-refractivity contribution in [2.75, 3.05) is 19.4 Å². The molecular formula is C21H22N4O3S. The van der Waals surface area contributed by atoms with Gasteiger partial charge in [-0.15, -0.1) is 11.8 Å². The molecule has 0 bridgehead atoms. The number of carbonyl (C=O) groups is 1. The standard InChI is InChI=1S/C21H22N4O3S/c1-25(13-19-23-20(24-28-19)15-6-4-10-22-12-15)21(26)17-8-2-3-9-18(17)29-14-16-7-5-11-27-16/h2-4,6,8-10,12,16H,5,7,11,13-14H2,1H3. The highest BCUT2D eigenvalue weighted by Crippen LogP contribution is 2.27. The summed E-state index contributed by atoms with van der Waals surface area (Å²) < 4.78 is 11.0. The maximum absolute atomic E-state index is 13.0. The van der Waals surface area contributed by atoms with Crippen LogP contribution in [-0.4, -0.2) is 51.4 Å². The van der Waals surface area contributed by atoms with Crippen molar-refractivity contribution < 1.29 is 14.1 Å². The number of rotatable bonds is 7. The van der Waals surface area contributed by atoms with Crippen LogP contribution in [0, 0.1) is 0 Å². The summed E-state index contributed by atoms with van der Waals surface area (Å²) >= 11 is 1.67. The quantitative estimate of drug-likeness (QED) is 0.550. The van der Waals surface area contributed by atoms with Crippen molar-refractivity contribution in [3.05, 3.63) is 60.2 Å². The Bertz CT molecular complexity index is 957. The summed E-state index contributed by atoms with van der Waals surface area (Å²) in [6.45, 7) is 1.07. The van der Waals surface area contributed by atoms with Gasteiger partial charge in [0.05, 0.1) is 18.2 Å². The summed E-state index contributed by atoms with van der Waals surface area (Å²) in [5.74, 6) is 1.61. The zero-order chi connectivity index (χ0) is 20.1. The summed E-state index contributed by atoms with van der Waals surface area (Å²) in [5, 5.41) is 3.98. The van der Waals surface area contributed by atoms with Gasteiger partial charge in [0.1, 0.15) is 0 Å². The first-order chi connectivity index (χ1) is 14.2. The number of hydrogen-bond donors (Lipinski definition) is 0. The van der Waals surface area contributed by atoms with Crippen molar-refractivity contribution >= 4 is 17.7 Å². The molecule has 1 aromatic carbocycles. The monoisotopic (exact) mass is 410 g/mol. The van der Waals surface area contributed by atoms with Gasteiger partial charge < -0.3 is 14.2 Å². The Labute approximate surface area is 173 Å². The molecule has 8 heteroatoms. The summed E-state index contributed by atoms with van der Waals surface area (Å²) in [6.07, 6.45) is 5.82. The number of amides is 1. The molecule has 3 aromatic rings. The van der Waals surface area contributed by atoms with Gasteiger partial charge in [-0.05, 0) is 37.1 Å². The molecule has 1 unspecified atom stereocenters. The predicted octanol–water partition coefficient (Wildman–Crippen LogP) is 3.67. The lowest BCUT2D eigenvalue weighted by atomic mass is 10.2. The lowest BCUT2D eigenvalue weighted by Gasteiger charge is -2.17. The molecular weight excluding hydrogens is 388 g/mol. The Morgan fingerprint density at radius 1 is 1.28 bits per heavy atom. The number of ether oxygens (including phenoxy) is 1. The zero-order valence-electron chi connectivity index (χ0n) is 16.2. The molecule has 3 heterocycles. The van der Waals surface area contributed by atoms with E-state index in [0.29, 0.717) is 17.3 Å². The van der Waals surface area contributed by atoms with E-state index >= 15 is 0 Å². The fourth-order valence-corrected chi connectivity index (χ4v) is 4.25. The minimum atomic E-state index is -0.0819. The summed E-state index contributed by atoms with van der Waals surface area (Å²) in [5.41, 5.74) is 1.44. The average molecular weight is 410 g/mol. The van der Waals surface area contributed by atoms with Crippen molar-refractivity contribution in [3.8, 4) is 11.4 Å². The van der Waals surface area contributed by atoms with Gasteiger partial charge >= 0.3 is 0 Å². The third-order valence-corrected chi connectivity index (χ3v) is 5.88. The van der Waals surface area contributed by atoms with Gasteiger partial charge in [-0.2, -0.15) is 4.98 Å². The first-order valence-electron chi connectivity index (χ1n) is 9.52. The van der Waals surface area contributed by atoms with Crippen LogP contribution in [0.2, 0.25) is 0 Å². The molecule has 0 saturated carbocycles. The predicted molar refractivity (Wildman–Crippen MR) is 109 cm³/mol. The molecule has 0 N–H and O–H groups in total. The highest BCUT2D eigenvalue weighted by molar-refractivity contribution is 7.99. The fraction of sp³-hybridized carbons (Fsp3) is 0.333. The lowest BCUT2D eigenvalue weighted by molar-refractivity contribution is 0.0766. The summed E-state index contributed by atoms with van der Waals surface area (Å²) in [6, 6.07) is 11.3. The minimum absolute atomic E-state index is 0.0819. The van der Waals surface area contributed by atoms with Gasteiger partial charge in [-0.3, -0.25) is 9.78 Å². The van der Waals surface area contributed by atoms with E-state index < -0.39 is 0 Å². The molecule has 0 aliphatic carbocycles. The molecule has 150 valence electrons. The number of pyridine rings is 1. The summed E-state index contributed by atoms with van der Waals surface area (Å²) in [7, 11) is 1.73. The molecule has 1 amide bonds. The molecule has 7 nitrogen and oxygen atoms in total. The van der Waals surface area contributed by atoms with Crippen LogP contribution < -0.4 is 0 Å². The fourth-order valence-electron chi connectivity index (χ4n) is 3.14. The maximum Gasteiger partial charge on any atom is 0.255 e. The average Bonchev–Trinajstić information content (AvgIpc) is 3.45. The van der Waals surface area contributed by atoms with Gasteiger partial charge in [-0.1, -0.05) is 17.3 Å².